The minimum atomic E-state index is -3.26. The zero-order valence-corrected chi connectivity index (χ0v) is 16.0. The molecule has 26 heavy (non-hydrogen) atoms. The van der Waals surface area contributed by atoms with Crippen LogP contribution >= 0.6 is 0 Å². The van der Waals surface area contributed by atoms with Gasteiger partial charge >= 0.3 is 0 Å². The van der Waals surface area contributed by atoms with Crippen molar-refractivity contribution >= 4 is 21.4 Å². The predicted molar refractivity (Wildman–Crippen MR) is 105 cm³/mol. The number of hydrogen-bond acceptors (Lipinski definition) is 3. The van der Waals surface area contributed by atoms with Crippen molar-refractivity contribution in [3.8, 4) is 0 Å². The monoisotopic (exact) mass is 369 g/mol. The van der Waals surface area contributed by atoms with Crippen LogP contribution in [0.15, 0.2) is 66.1 Å². The summed E-state index contributed by atoms with van der Waals surface area (Å²) in [5.41, 5.74) is 2.37. The summed E-state index contributed by atoms with van der Waals surface area (Å²) in [5, 5.41) is 1.20. The van der Waals surface area contributed by atoms with Crippen molar-refractivity contribution in [3.63, 3.8) is 0 Å². The predicted octanol–water partition coefficient (Wildman–Crippen LogP) is 3.94. The molecule has 1 heterocycles. The molecule has 1 aliphatic rings. The van der Waals surface area contributed by atoms with Crippen molar-refractivity contribution in [3.05, 3.63) is 77.2 Å². The van der Waals surface area contributed by atoms with E-state index in [1.54, 1.807) is 11.0 Å². The molecule has 0 fully saturated rings. The van der Waals surface area contributed by atoms with Gasteiger partial charge in [-0.3, -0.25) is 4.79 Å². The molecule has 2 aromatic rings. The lowest BCUT2D eigenvalue weighted by Crippen LogP contribution is -2.41. The molecule has 1 amide bonds. The normalized spacial score (nSPS) is 18.7. The highest BCUT2D eigenvalue weighted by molar-refractivity contribution is 7.94. The van der Waals surface area contributed by atoms with Crippen LogP contribution in [0.2, 0.25) is 0 Å². The number of carbonyl (C=O) groups is 1. The van der Waals surface area contributed by atoms with Gasteiger partial charge in [-0.05, 0) is 41.3 Å². The fourth-order valence-corrected chi connectivity index (χ4v) is 4.29. The van der Waals surface area contributed by atoms with Crippen molar-refractivity contribution in [2.75, 3.05) is 10.7 Å². The van der Waals surface area contributed by atoms with Crippen molar-refractivity contribution < 1.29 is 13.2 Å². The first-order valence-corrected chi connectivity index (χ1v) is 10.3. The molecule has 1 aliphatic heterocycles. The molecule has 0 spiro atoms. The summed E-state index contributed by atoms with van der Waals surface area (Å²) in [7, 11) is -3.26. The molecule has 0 saturated heterocycles. The van der Waals surface area contributed by atoms with E-state index in [2.05, 4.69) is 20.8 Å². The van der Waals surface area contributed by atoms with E-state index >= 15 is 0 Å². The van der Waals surface area contributed by atoms with Gasteiger partial charge in [0.05, 0.1) is 11.8 Å². The van der Waals surface area contributed by atoms with E-state index in [0.29, 0.717) is 11.3 Å². The number of amides is 1. The number of rotatable bonds is 3. The Hall–Kier alpha value is -2.40. The van der Waals surface area contributed by atoms with Crippen LogP contribution in [0.25, 0.3) is 0 Å². The Balaban J connectivity index is 1.97. The first-order valence-electron chi connectivity index (χ1n) is 8.57. The lowest BCUT2D eigenvalue weighted by atomic mass is 9.86. The molecule has 0 aliphatic carbocycles. The van der Waals surface area contributed by atoms with Crippen LogP contribution < -0.4 is 4.90 Å². The minimum absolute atomic E-state index is 0.00294. The fraction of sp³-hybridized carbons (Fsp3) is 0.286. The van der Waals surface area contributed by atoms with Crippen LogP contribution in [0.1, 0.15) is 36.7 Å². The Kier molecular flexibility index (Phi) is 4.76. The summed E-state index contributed by atoms with van der Waals surface area (Å²) >= 11 is 0. The molecule has 1 atom stereocenters. The molecule has 0 radical (unpaired) electrons. The Bertz CT molecular complexity index is 923. The first kappa shape index (κ1) is 18.4. The number of nitrogens with zero attached hydrogens (tertiary/aromatic N) is 1. The summed E-state index contributed by atoms with van der Waals surface area (Å²) in [6.45, 7) is 6.36. The molecule has 3 rings (SSSR count). The molecular weight excluding hydrogens is 346 g/mol. The molecule has 4 nitrogen and oxygen atoms in total. The molecular formula is C21H23NO3S. The fourth-order valence-electron chi connectivity index (χ4n) is 3.02. The van der Waals surface area contributed by atoms with Crippen LogP contribution in [0.3, 0.4) is 0 Å². The van der Waals surface area contributed by atoms with Gasteiger partial charge in [0.2, 0.25) is 0 Å². The molecule has 0 bridgehead atoms. The van der Waals surface area contributed by atoms with Crippen molar-refractivity contribution in [2.45, 2.75) is 32.2 Å². The lowest BCUT2D eigenvalue weighted by Gasteiger charge is -2.28. The molecule has 0 N–H and O–H groups in total. The van der Waals surface area contributed by atoms with E-state index < -0.39 is 15.9 Å². The van der Waals surface area contributed by atoms with E-state index in [4.69, 9.17) is 0 Å². The lowest BCUT2D eigenvalue weighted by molar-refractivity contribution is 0.0983. The average molecular weight is 369 g/mol. The number of benzene rings is 2. The van der Waals surface area contributed by atoms with E-state index in [-0.39, 0.29) is 17.1 Å². The Labute approximate surface area is 155 Å². The van der Waals surface area contributed by atoms with Crippen LogP contribution in [-0.4, -0.2) is 26.1 Å². The van der Waals surface area contributed by atoms with Gasteiger partial charge in [0.15, 0.2) is 9.84 Å². The standard InChI is InChI=1S/C21H23NO3S/c1-21(2,3)17-11-9-16(10-12-17)20(23)22(18-7-5-4-6-8-18)19-13-14-26(24,25)15-19/h4-14,19H,15H2,1-3H3/t19-/m0/s1. The topological polar surface area (TPSA) is 54.5 Å². The van der Waals surface area contributed by atoms with Crippen molar-refractivity contribution in [1.29, 1.82) is 0 Å². The highest BCUT2D eigenvalue weighted by Crippen LogP contribution is 2.26. The summed E-state index contributed by atoms with van der Waals surface area (Å²) in [4.78, 5) is 14.8. The van der Waals surface area contributed by atoms with Crippen LogP contribution in [0.5, 0.6) is 0 Å². The maximum atomic E-state index is 13.2. The third-order valence-electron chi connectivity index (χ3n) is 4.49. The number of sulfone groups is 1. The Morgan fingerprint density at radius 2 is 1.62 bits per heavy atom. The second-order valence-corrected chi connectivity index (χ2v) is 9.49. The van der Waals surface area contributed by atoms with Gasteiger partial charge in [-0.1, -0.05) is 51.1 Å². The van der Waals surface area contributed by atoms with Gasteiger partial charge in [-0.25, -0.2) is 8.42 Å². The van der Waals surface area contributed by atoms with Gasteiger partial charge in [-0.2, -0.15) is 0 Å². The molecule has 0 saturated carbocycles. The highest BCUT2D eigenvalue weighted by Gasteiger charge is 2.32. The van der Waals surface area contributed by atoms with E-state index in [1.807, 2.05) is 54.6 Å². The van der Waals surface area contributed by atoms with Gasteiger partial charge in [0.25, 0.3) is 5.91 Å². The summed E-state index contributed by atoms with van der Waals surface area (Å²) < 4.78 is 23.7. The van der Waals surface area contributed by atoms with Crippen LogP contribution in [0.4, 0.5) is 5.69 Å². The summed E-state index contributed by atoms with van der Waals surface area (Å²) in [6, 6.07) is 16.2. The molecule has 136 valence electrons. The second kappa shape index (κ2) is 6.72. The van der Waals surface area contributed by atoms with E-state index in [0.717, 1.165) is 5.56 Å². The number of carbonyl (C=O) groups excluding carboxylic acids is 1. The van der Waals surface area contributed by atoms with Crippen molar-refractivity contribution in [2.24, 2.45) is 0 Å². The largest absolute Gasteiger partial charge is 0.300 e. The quantitative estimate of drug-likeness (QED) is 0.823. The summed E-state index contributed by atoms with van der Waals surface area (Å²) in [5.74, 6) is -0.295. The van der Waals surface area contributed by atoms with Gasteiger partial charge in [0.1, 0.15) is 0 Å². The van der Waals surface area contributed by atoms with E-state index in [9.17, 15) is 13.2 Å². The van der Waals surface area contributed by atoms with Gasteiger partial charge in [0, 0.05) is 16.7 Å². The summed E-state index contributed by atoms with van der Waals surface area (Å²) in [6.07, 6.45) is 1.59. The van der Waals surface area contributed by atoms with Crippen molar-refractivity contribution in [1.82, 2.24) is 0 Å². The first-order chi connectivity index (χ1) is 12.2. The molecule has 2 aromatic carbocycles. The zero-order valence-electron chi connectivity index (χ0n) is 15.2. The molecule has 0 unspecified atom stereocenters. The maximum absolute atomic E-state index is 13.2. The molecule has 0 aromatic heterocycles. The Morgan fingerprint density at radius 3 is 2.12 bits per heavy atom. The van der Waals surface area contributed by atoms with E-state index in [1.165, 1.54) is 5.41 Å². The van der Waals surface area contributed by atoms with Gasteiger partial charge in [-0.15, -0.1) is 0 Å². The zero-order chi connectivity index (χ0) is 18.9. The molecule has 5 heteroatoms. The van der Waals surface area contributed by atoms with Gasteiger partial charge < -0.3 is 4.90 Å². The van der Waals surface area contributed by atoms with Crippen LogP contribution in [-0.2, 0) is 15.3 Å². The number of para-hydroxylation sites is 1. The Morgan fingerprint density at radius 1 is 1.00 bits per heavy atom. The highest BCUT2D eigenvalue weighted by atomic mass is 32.2. The maximum Gasteiger partial charge on any atom is 0.258 e. The average Bonchev–Trinajstić information content (AvgIpc) is 2.95. The third kappa shape index (κ3) is 3.88. The third-order valence-corrected chi connectivity index (χ3v) is 5.87. The smallest absolute Gasteiger partial charge is 0.258 e. The van der Waals surface area contributed by atoms with Crippen LogP contribution in [0, 0.1) is 0 Å². The minimum Gasteiger partial charge on any atom is -0.300 e. The SMILES string of the molecule is CC(C)(C)c1ccc(C(=O)N(c2ccccc2)[C@H]2C=CS(=O)(=O)C2)cc1. The number of anilines is 1. The second-order valence-electron chi connectivity index (χ2n) is 7.56. The number of hydrogen-bond donors (Lipinski definition) is 0.